The Hall–Kier alpha value is -2.00. The fourth-order valence-electron chi connectivity index (χ4n) is 1.95. The highest BCUT2D eigenvalue weighted by molar-refractivity contribution is 7.89. The maximum atomic E-state index is 12.4. The summed E-state index contributed by atoms with van der Waals surface area (Å²) in [5, 5.41) is 13.4. The number of aromatic nitrogens is 4. The molecule has 0 aliphatic heterocycles. The van der Waals surface area contributed by atoms with Crippen molar-refractivity contribution in [2.75, 3.05) is 13.7 Å². The van der Waals surface area contributed by atoms with Crippen LogP contribution >= 0.6 is 0 Å². The average Bonchev–Trinajstić information content (AvgIpc) is 2.99. The van der Waals surface area contributed by atoms with Gasteiger partial charge in [0.2, 0.25) is 10.0 Å². The Morgan fingerprint density at radius 2 is 2.00 bits per heavy atom. The third-order valence-electron chi connectivity index (χ3n) is 3.33. The normalized spacial score (nSPS) is 11.6. The van der Waals surface area contributed by atoms with E-state index in [0.717, 1.165) is 11.1 Å². The number of hydrogen-bond donors (Lipinski definition) is 2. The summed E-state index contributed by atoms with van der Waals surface area (Å²) in [4.78, 5) is 0.151. The number of sulfonamides is 1. The summed E-state index contributed by atoms with van der Waals surface area (Å²) in [6.07, 6.45) is 1.12. The van der Waals surface area contributed by atoms with E-state index >= 15 is 0 Å². The largest absolute Gasteiger partial charge is 0.495 e. The Morgan fingerprint density at radius 1 is 1.27 bits per heavy atom. The van der Waals surface area contributed by atoms with Crippen molar-refractivity contribution in [1.29, 1.82) is 0 Å². The van der Waals surface area contributed by atoms with Crippen molar-refractivity contribution in [2.24, 2.45) is 0 Å². The summed E-state index contributed by atoms with van der Waals surface area (Å²) in [5.74, 6) is 0.900. The summed E-state index contributed by atoms with van der Waals surface area (Å²) in [7, 11) is -2.16. The van der Waals surface area contributed by atoms with Crippen LogP contribution in [0.3, 0.4) is 0 Å². The van der Waals surface area contributed by atoms with Crippen molar-refractivity contribution in [3.63, 3.8) is 0 Å². The van der Waals surface area contributed by atoms with E-state index in [2.05, 4.69) is 25.3 Å². The third-order valence-corrected chi connectivity index (χ3v) is 4.81. The fourth-order valence-corrected chi connectivity index (χ4v) is 3.26. The van der Waals surface area contributed by atoms with Crippen molar-refractivity contribution in [1.82, 2.24) is 25.3 Å². The molecule has 0 amide bonds. The Labute approximate surface area is 129 Å². The number of benzene rings is 1. The van der Waals surface area contributed by atoms with Crippen LogP contribution in [0.15, 0.2) is 17.0 Å². The molecular weight excluding hydrogens is 306 g/mol. The van der Waals surface area contributed by atoms with Crippen LogP contribution in [-0.2, 0) is 16.4 Å². The molecule has 1 aromatic heterocycles. The van der Waals surface area contributed by atoms with E-state index in [1.54, 1.807) is 12.1 Å². The molecule has 0 bridgehead atoms. The summed E-state index contributed by atoms with van der Waals surface area (Å²) < 4.78 is 32.5. The van der Waals surface area contributed by atoms with Crippen LogP contribution in [0.5, 0.6) is 5.75 Å². The van der Waals surface area contributed by atoms with Gasteiger partial charge in [0.05, 0.1) is 7.11 Å². The zero-order chi connectivity index (χ0) is 16.2. The molecule has 8 nitrogen and oxygen atoms in total. The summed E-state index contributed by atoms with van der Waals surface area (Å²) in [6, 6.07) is 3.35. The fraction of sp³-hybridized carbons (Fsp3) is 0.462. The van der Waals surface area contributed by atoms with E-state index in [9.17, 15) is 8.42 Å². The number of rotatable bonds is 7. The molecule has 1 aromatic carbocycles. The highest BCUT2D eigenvalue weighted by Gasteiger charge is 2.20. The first-order valence-corrected chi connectivity index (χ1v) is 8.29. The third kappa shape index (κ3) is 3.80. The van der Waals surface area contributed by atoms with Crippen LogP contribution in [0, 0.1) is 13.8 Å². The van der Waals surface area contributed by atoms with Gasteiger partial charge in [-0.1, -0.05) is 5.21 Å². The van der Waals surface area contributed by atoms with Gasteiger partial charge in [0, 0.05) is 13.0 Å². The molecule has 0 atom stereocenters. The molecule has 2 aromatic rings. The molecule has 9 heteroatoms. The van der Waals surface area contributed by atoms with Crippen molar-refractivity contribution >= 4 is 10.0 Å². The molecular formula is C13H19N5O3S. The lowest BCUT2D eigenvalue weighted by Gasteiger charge is -2.13. The van der Waals surface area contributed by atoms with Gasteiger partial charge in [-0.15, -0.1) is 10.2 Å². The number of tetrazole rings is 1. The number of ether oxygens (including phenoxy) is 1. The molecule has 0 fully saturated rings. The SMILES string of the molecule is COc1cc(C)c(C)cc1S(=O)(=O)NCCCc1nn[nH]n1. The van der Waals surface area contributed by atoms with Crippen LogP contribution in [0.4, 0.5) is 0 Å². The second-order valence-corrected chi connectivity index (χ2v) is 6.65. The molecule has 0 aliphatic carbocycles. The van der Waals surface area contributed by atoms with E-state index < -0.39 is 10.0 Å². The molecule has 0 radical (unpaired) electrons. The standard InChI is InChI=1S/C13H19N5O3S/c1-9-7-11(21-3)12(8-10(9)2)22(19,20)14-6-4-5-13-15-17-18-16-13/h7-8,14H,4-6H2,1-3H3,(H,15,16,17,18). The van der Waals surface area contributed by atoms with E-state index in [1.165, 1.54) is 7.11 Å². The first kappa shape index (κ1) is 16.4. The lowest BCUT2D eigenvalue weighted by molar-refractivity contribution is 0.401. The maximum absolute atomic E-state index is 12.4. The number of aryl methyl sites for hydroxylation is 3. The van der Waals surface area contributed by atoms with Crippen molar-refractivity contribution < 1.29 is 13.2 Å². The van der Waals surface area contributed by atoms with Gasteiger partial charge in [0.25, 0.3) is 0 Å². The monoisotopic (exact) mass is 325 g/mol. The molecule has 2 N–H and O–H groups in total. The van der Waals surface area contributed by atoms with Gasteiger partial charge in [0.15, 0.2) is 5.82 Å². The smallest absolute Gasteiger partial charge is 0.244 e. The minimum Gasteiger partial charge on any atom is -0.495 e. The molecule has 1 heterocycles. The van der Waals surface area contributed by atoms with Gasteiger partial charge in [-0.3, -0.25) is 0 Å². The number of nitrogens with one attached hydrogen (secondary N) is 2. The summed E-state index contributed by atoms with van der Waals surface area (Å²) >= 11 is 0. The van der Waals surface area contributed by atoms with Crippen molar-refractivity contribution in [2.45, 2.75) is 31.6 Å². The molecule has 22 heavy (non-hydrogen) atoms. The summed E-state index contributed by atoms with van der Waals surface area (Å²) in [6.45, 7) is 4.06. The average molecular weight is 325 g/mol. The minimum absolute atomic E-state index is 0.151. The Morgan fingerprint density at radius 3 is 2.64 bits per heavy atom. The van der Waals surface area contributed by atoms with E-state index in [1.807, 2.05) is 13.8 Å². The molecule has 0 spiro atoms. The quantitative estimate of drug-likeness (QED) is 0.726. The molecule has 0 aliphatic rings. The number of H-pyrrole nitrogens is 1. The second-order valence-electron chi connectivity index (χ2n) is 4.92. The number of nitrogens with zero attached hydrogens (tertiary/aromatic N) is 3. The maximum Gasteiger partial charge on any atom is 0.244 e. The predicted molar refractivity (Wildman–Crippen MR) is 80.2 cm³/mol. The highest BCUT2D eigenvalue weighted by Crippen LogP contribution is 2.27. The molecule has 0 unspecified atom stereocenters. The number of aromatic amines is 1. The number of methoxy groups -OCH3 is 1. The van der Waals surface area contributed by atoms with Gasteiger partial charge < -0.3 is 4.74 Å². The van der Waals surface area contributed by atoms with E-state index in [4.69, 9.17) is 4.74 Å². The minimum atomic E-state index is -3.62. The zero-order valence-electron chi connectivity index (χ0n) is 12.8. The van der Waals surface area contributed by atoms with E-state index in [-0.39, 0.29) is 11.4 Å². The lowest BCUT2D eigenvalue weighted by Crippen LogP contribution is -2.25. The van der Waals surface area contributed by atoms with E-state index in [0.29, 0.717) is 24.4 Å². The highest BCUT2D eigenvalue weighted by atomic mass is 32.2. The van der Waals surface area contributed by atoms with Gasteiger partial charge in [-0.25, -0.2) is 13.1 Å². The molecule has 120 valence electrons. The van der Waals surface area contributed by atoms with Gasteiger partial charge in [-0.2, -0.15) is 5.21 Å². The van der Waals surface area contributed by atoms with Gasteiger partial charge in [-0.05, 0) is 43.5 Å². The van der Waals surface area contributed by atoms with Crippen molar-refractivity contribution in [3.05, 3.63) is 29.1 Å². The van der Waals surface area contributed by atoms with Gasteiger partial charge >= 0.3 is 0 Å². The van der Waals surface area contributed by atoms with Crippen LogP contribution in [-0.4, -0.2) is 42.7 Å². The van der Waals surface area contributed by atoms with Crippen molar-refractivity contribution in [3.8, 4) is 5.75 Å². The van der Waals surface area contributed by atoms with Crippen LogP contribution in [0.1, 0.15) is 23.4 Å². The van der Waals surface area contributed by atoms with Crippen LogP contribution in [0.25, 0.3) is 0 Å². The Balaban J connectivity index is 2.05. The first-order chi connectivity index (χ1) is 10.4. The molecule has 0 saturated heterocycles. The zero-order valence-corrected chi connectivity index (χ0v) is 13.6. The Bertz CT molecular complexity index is 728. The molecule has 0 saturated carbocycles. The number of hydrogen-bond acceptors (Lipinski definition) is 6. The predicted octanol–water partition coefficient (Wildman–Crippen LogP) is 0.736. The first-order valence-electron chi connectivity index (χ1n) is 6.81. The lowest BCUT2D eigenvalue weighted by atomic mass is 10.1. The topological polar surface area (TPSA) is 110 Å². The van der Waals surface area contributed by atoms with Gasteiger partial charge in [0.1, 0.15) is 10.6 Å². The van der Waals surface area contributed by atoms with Crippen LogP contribution < -0.4 is 9.46 Å². The Kier molecular flexibility index (Phi) is 5.09. The molecule has 2 rings (SSSR count). The van der Waals surface area contributed by atoms with Crippen LogP contribution in [0.2, 0.25) is 0 Å². The summed E-state index contributed by atoms with van der Waals surface area (Å²) in [5.41, 5.74) is 1.88. The second kappa shape index (κ2) is 6.84.